The molecular weight excluding hydrogens is 560 g/mol. The Morgan fingerprint density at radius 3 is 1.53 bits per heavy atom. The van der Waals surface area contributed by atoms with Crippen LogP contribution in [0.3, 0.4) is 0 Å². The molecule has 0 aromatic carbocycles. The van der Waals surface area contributed by atoms with E-state index in [1.807, 2.05) is 0 Å². The molecule has 0 aliphatic carbocycles. The number of alkyl halides is 1. The van der Waals surface area contributed by atoms with Gasteiger partial charge in [-0.05, 0) is 39.3 Å². The van der Waals surface area contributed by atoms with Crippen molar-refractivity contribution in [3.8, 4) is 0 Å². The molecule has 1 aliphatic rings. The minimum atomic E-state index is -0.417. The Labute approximate surface area is 258 Å². The van der Waals surface area contributed by atoms with Gasteiger partial charge in [0.1, 0.15) is 6.67 Å². The van der Waals surface area contributed by atoms with Gasteiger partial charge in [-0.3, -0.25) is 9.59 Å². The van der Waals surface area contributed by atoms with E-state index in [2.05, 4.69) is 58.1 Å². The van der Waals surface area contributed by atoms with Crippen molar-refractivity contribution in [1.29, 1.82) is 0 Å². The Balaban J connectivity index is -0.000000142. The van der Waals surface area contributed by atoms with Gasteiger partial charge >= 0.3 is 17.9 Å². The lowest BCUT2D eigenvalue weighted by atomic mass is 10.2. The molecule has 0 aromatic rings. The van der Waals surface area contributed by atoms with Crippen molar-refractivity contribution in [2.75, 3.05) is 26.4 Å². The maximum Gasteiger partial charge on any atom is 0.333 e. The number of hydrogen-bond acceptors (Lipinski definition) is 7. The zero-order valence-electron chi connectivity index (χ0n) is 27.1. The quantitative estimate of drug-likeness (QED) is 0.0513. The lowest BCUT2D eigenvalue weighted by Crippen LogP contribution is -2.16. The normalized spacial score (nSPS) is 10.2. The summed E-state index contributed by atoms with van der Waals surface area (Å²) in [6.07, 6.45) is 12.3. The second-order valence-electron chi connectivity index (χ2n) is 8.49. The Bertz CT molecular complexity index is 811. The van der Waals surface area contributed by atoms with Gasteiger partial charge in [-0.15, -0.1) is 6.58 Å². The van der Waals surface area contributed by atoms with Crippen LogP contribution < -0.4 is 0 Å². The van der Waals surface area contributed by atoms with Gasteiger partial charge < -0.3 is 19.1 Å². The van der Waals surface area contributed by atoms with Crippen LogP contribution in [0.15, 0.2) is 75.5 Å². The first-order chi connectivity index (χ1) is 20.3. The molecule has 248 valence electrons. The third-order valence-electron chi connectivity index (χ3n) is 4.35. The summed E-state index contributed by atoms with van der Waals surface area (Å²) >= 11 is 0. The number of allylic oxidation sites excluding steroid dienone is 1. The third kappa shape index (κ3) is 48.3. The van der Waals surface area contributed by atoms with Crippen molar-refractivity contribution >= 4 is 23.8 Å². The van der Waals surface area contributed by atoms with Crippen LogP contribution in [0, 0.1) is 0 Å². The fraction of sp³-hybridized carbons (Fsp3) is 0.515. The fourth-order valence-electron chi connectivity index (χ4n) is 2.23. The summed E-state index contributed by atoms with van der Waals surface area (Å²) in [6, 6.07) is 0. The second-order valence-corrected chi connectivity index (χ2v) is 8.49. The number of esters is 3. The van der Waals surface area contributed by atoms with Gasteiger partial charge in [0.2, 0.25) is 5.91 Å². The molecule has 8 nitrogen and oxygen atoms in total. The summed E-state index contributed by atoms with van der Waals surface area (Å²) < 4.78 is 34.5. The number of likely N-dealkylation sites (tertiary alicyclic amines) is 1. The molecule has 0 atom stereocenters. The van der Waals surface area contributed by atoms with Gasteiger partial charge in [0.05, 0.1) is 25.8 Å². The van der Waals surface area contributed by atoms with Crippen LogP contribution in [0.4, 0.5) is 8.78 Å². The Morgan fingerprint density at radius 1 is 0.860 bits per heavy atom. The molecule has 10 heteroatoms. The van der Waals surface area contributed by atoms with Gasteiger partial charge in [0.15, 0.2) is 0 Å². The van der Waals surface area contributed by atoms with Crippen LogP contribution in [0.5, 0.6) is 0 Å². The second kappa shape index (κ2) is 40.3. The molecule has 43 heavy (non-hydrogen) atoms. The number of ether oxygens (including phenoxy) is 3. The lowest BCUT2D eigenvalue weighted by Gasteiger charge is -2.05. The zero-order chi connectivity index (χ0) is 34.5. The minimum absolute atomic E-state index is 0.208. The van der Waals surface area contributed by atoms with E-state index in [-0.39, 0.29) is 30.1 Å². The van der Waals surface area contributed by atoms with E-state index in [1.54, 1.807) is 24.9 Å². The standard InChI is InChI=1S/C10H18O2.C8H14O2.C6H9NO.C4H6O2.C3H5F.C2H3F/c1-4-5-6-7-8-12-10(11)9(2)3;1-4-5-6-10-8(9)7(2)3;1-2-7-5-3-4-6(7)8;1-3-6-4(2)5;1-2-3-4;1-2-3/h2,4-8H2,1,3H3;2,4-6H2,1,3H3;2H,1,3-5H2;3H,1H2,2H3;2H,1,3H2;2H,1H2. The van der Waals surface area contributed by atoms with Crippen molar-refractivity contribution in [1.82, 2.24) is 4.90 Å². The van der Waals surface area contributed by atoms with Crippen LogP contribution in [0.25, 0.3) is 0 Å². The summed E-state index contributed by atoms with van der Waals surface area (Å²) in [5.41, 5.74) is 0.946. The molecule has 1 aliphatic heterocycles. The maximum atomic E-state index is 10.9. The van der Waals surface area contributed by atoms with Gasteiger partial charge in [-0.2, -0.15) is 0 Å². The van der Waals surface area contributed by atoms with E-state index in [0.717, 1.165) is 44.9 Å². The molecule has 1 fully saturated rings. The van der Waals surface area contributed by atoms with Crippen molar-refractivity contribution in [3.05, 3.63) is 75.5 Å². The van der Waals surface area contributed by atoms with Gasteiger partial charge in [-0.25, -0.2) is 18.4 Å². The van der Waals surface area contributed by atoms with Crippen LogP contribution in [0.1, 0.15) is 86.0 Å². The van der Waals surface area contributed by atoms with Crippen molar-refractivity contribution in [2.24, 2.45) is 0 Å². The van der Waals surface area contributed by atoms with Crippen LogP contribution >= 0.6 is 0 Å². The zero-order valence-corrected chi connectivity index (χ0v) is 27.1. The average molecular weight is 616 g/mol. The number of amides is 1. The van der Waals surface area contributed by atoms with E-state index in [4.69, 9.17) is 9.47 Å². The first-order valence-electron chi connectivity index (χ1n) is 14.0. The van der Waals surface area contributed by atoms with Gasteiger partial charge in [-0.1, -0.05) is 78.5 Å². The van der Waals surface area contributed by atoms with E-state index in [9.17, 15) is 28.0 Å². The molecule has 0 bridgehead atoms. The molecule has 1 saturated heterocycles. The largest absolute Gasteiger partial charge is 0.462 e. The van der Waals surface area contributed by atoms with E-state index in [1.165, 1.54) is 25.8 Å². The number of halogens is 2. The fourth-order valence-corrected chi connectivity index (χ4v) is 2.23. The van der Waals surface area contributed by atoms with Crippen LogP contribution in [-0.2, 0) is 33.4 Å². The summed E-state index contributed by atoms with van der Waals surface area (Å²) in [7, 11) is 0. The smallest absolute Gasteiger partial charge is 0.333 e. The Hall–Kier alpha value is -3.82. The van der Waals surface area contributed by atoms with Crippen molar-refractivity contribution in [2.45, 2.75) is 86.0 Å². The molecule has 0 saturated carbocycles. The molecule has 0 aromatic heterocycles. The molecule has 1 amide bonds. The first-order valence-corrected chi connectivity index (χ1v) is 14.0. The topological polar surface area (TPSA) is 99.2 Å². The number of hydrogen-bond donors (Lipinski definition) is 0. The highest BCUT2D eigenvalue weighted by atomic mass is 19.1. The molecule has 0 N–H and O–H groups in total. The van der Waals surface area contributed by atoms with E-state index in [0.29, 0.717) is 30.8 Å². The third-order valence-corrected chi connectivity index (χ3v) is 4.35. The summed E-state index contributed by atoms with van der Waals surface area (Å²) in [5, 5.41) is 0. The summed E-state index contributed by atoms with van der Waals surface area (Å²) in [4.78, 5) is 43.6. The number of unbranched alkanes of at least 4 members (excludes halogenated alkanes) is 4. The number of carbonyl (C=O) groups excluding carboxylic acids is 4. The van der Waals surface area contributed by atoms with Crippen molar-refractivity contribution < 1.29 is 42.2 Å². The molecule has 0 unspecified atom stereocenters. The number of rotatable bonds is 13. The van der Waals surface area contributed by atoms with Gasteiger partial charge in [0.25, 0.3) is 0 Å². The van der Waals surface area contributed by atoms with E-state index < -0.39 is 6.67 Å². The summed E-state index contributed by atoms with van der Waals surface area (Å²) in [6.45, 7) is 29.7. The SMILES string of the molecule is C=C(C)C(=O)OCCCC.C=C(C)C(=O)OCCCCCC.C=CCF.C=CF.C=CN1CCCC1=O.C=COC(C)=O. The molecule has 0 spiro atoms. The van der Waals surface area contributed by atoms with E-state index >= 15 is 0 Å². The molecule has 1 heterocycles. The molecule has 0 radical (unpaired) electrons. The molecular formula is C33H55F2NO7. The predicted molar refractivity (Wildman–Crippen MR) is 171 cm³/mol. The molecule has 1 rings (SSSR count). The van der Waals surface area contributed by atoms with Crippen LogP contribution in [-0.4, -0.2) is 55.1 Å². The minimum Gasteiger partial charge on any atom is -0.462 e. The van der Waals surface area contributed by atoms with Gasteiger partial charge in [0, 0.05) is 31.0 Å². The lowest BCUT2D eigenvalue weighted by molar-refractivity contribution is -0.139. The van der Waals surface area contributed by atoms with Crippen molar-refractivity contribution in [3.63, 3.8) is 0 Å². The number of nitrogens with zero attached hydrogens (tertiary/aromatic N) is 1. The Morgan fingerprint density at radius 2 is 1.30 bits per heavy atom. The highest BCUT2D eigenvalue weighted by Crippen LogP contribution is 2.08. The van der Waals surface area contributed by atoms with Crippen LogP contribution in [0.2, 0.25) is 0 Å². The number of carbonyl (C=O) groups is 4. The highest BCUT2D eigenvalue weighted by molar-refractivity contribution is 5.87. The Kier molecular flexibility index (Phi) is 45.8. The maximum absolute atomic E-state index is 10.9. The monoisotopic (exact) mass is 615 g/mol. The highest BCUT2D eigenvalue weighted by Gasteiger charge is 2.16. The summed E-state index contributed by atoms with van der Waals surface area (Å²) in [5.74, 6) is -0.676. The average Bonchev–Trinajstić information content (AvgIpc) is 3.39. The predicted octanol–water partition coefficient (Wildman–Crippen LogP) is 8.28. The first kappa shape index (κ1) is 48.9.